The molecule has 1 saturated carbocycles. The molecule has 6 rings (SSSR count). The fourth-order valence-electron chi connectivity index (χ4n) is 6.38. The fourth-order valence-corrected chi connectivity index (χ4v) is 6.42. The van der Waals surface area contributed by atoms with Gasteiger partial charge in [0.25, 0.3) is 0 Å². The minimum atomic E-state index is -1.34. The molecular weight excluding hydrogens is 601 g/mol. The third-order valence-corrected chi connectivity index (χ3v) is 8.83. The number of azo groups is 1. The van der Waals surface area contributed by atoms with Gasteiger partial charge in [0.1, 0.15) is 11.3 Å². The molecule has 236 valence electrons. The predicted molar refractivity (Wildman–Crippen MR) is 173 cm³/mol. The Balaban J connectivity index is 1.28. The van der Waals surface area contributed by atoms with Crippen molar-refractivity contribution >= 4 is 56.5 Å². The van der Waals surface area contributed by atoms with Crippen LogP contribution in [0, 0.1) is 5.82 Å². The van der Waals surface area contributed by atoms with Crippen molar-refractivity contribution in [2.75, 3.05) is 38.7 Å². The molecule has 0 spiro atoms. The zero-order valence-electron chi connectivity index (χ0n) is 24.9. The topological polar surface area (TPSA) is 151 Å². The number of thiocarbonyl (C=S) groups is 1. The quantitative estimate of drug-likeness (QED) is 0.175. The van der Waals surface area contributed by atoms with E-state index in [2.05, 4.69) is 15.1 Å². The Morgan fingerprint density at radius 1 is 1.24 bits per heavy atom. The van der Waals surface area contributed by atoms with E-state index in [1.807, 2.05) is 36.2 Å². The summed E-state index contributed by atoms with van der Waals surface area (Å²) in [5.41, 5.74) is 6.13. The summed E-state index contributed by atoms with van der Waals surface area (Å²) >= 11 is 4.81. The molecule has 45 heavy (non-hydrogen) atoms. The third kappa shape index (κ3) is 5.59. The molecule has 12 nitrogen and oxygen atoms in total. The lowest BCUT2D eigenvalue weighted by molar-refractivity contribution is 0.0694. The second kappa shape index (κ2) is 12.1. The molecule has 0 bridgehead atoms. The summed E-state index contributed by atoms with van der Waals surface area (Å²) in [4.78, 5) is 29.0. The standard InChI is InChI=1S/C31H34FN7O5S/c1-36(12-13-38-23-8-4-3-7-19(23)24(29(38)41)34-35-31(33)45)18-6-5-11-37(15-18)26-22(32)14-20-25(28(26)44-2)39(17-9-10-17)16-21(27(20)40)30(42)43/h3-4,7-8,14,16-18,41H,5-6,9-13,15H2,1-2H3,(H2,33,45)(H,42,43). The van der Waals surface area contributed by atoms with Gasteiger partial charge in [-0.3, -0.25) is 9.69 Å². The number of aromatic nitrogens is 2. The van der Waals surface area contributed by atoms with Crippen LogP contribution >= 0.6 is 12.2 Å². The van der Waals surface area contributed by atoms with Crippen LogP contribution in [0.1, 0.15) is 42.1 Å². The number of benzene rings is 2. The zero-order chi connectivity index (χ0) is 32.0. The number of fused-ring (bicyclic) bond motifs is 2. The number of aromatic carboxylic acids is 1. The van der Waals surface area contributed by atoms with E-state index in [0.717, 1.165) is 42.7 Å². The van der Waals surface area contributed by atoms with Crippen molar-refractivity contribution in [3.8, 4) is 11.6 Å². The largest absolute Gasteiger partial charge is 0.493 e. The molecule has 1 unspecified atom stereocenters. The van der Waals surface area contributed by atoms with Crippen LogP contribution in [0.15, 0.2) is 51.6 Å². The van der Waals surface area contributed by atoms with Crippen LogP contribution < -0.4 is 20.8 Å². The second-order valence-electron chi connectivity index (χ2n) is 11.6. The maximum absolute atomic E-state index is 15.9. The maximum atomic E-state index is 15.9. The van der Waals surface area contributed by atoms with Gasteiger partial charge in [0.15, 0.2) is 17.3 Å². The summed E-state index contributed by atoms with van der Waals surface area (Å²) in [6, 6.07) is 8.70. The second-order valence-corrected chi connectivity index (χ2v) is 12.0. The lowest BCUT2D eigenvalue weighted by Gasteiger charge is -2.39. The molecule has 2 aromatic heterocycles. The number of rotatable bonds is 9. The van der Waals surface area contributed by atoms with E-state index in [9.17, 15) is 19.8 Å². The number of likely N-dealkylation sites (N-methyl/N-ethyl adjacent to an activating group) is 1. The average Bonchev–Trinajstić information content (AvgIpc) is 3.83. The Bertz CT molecular complexity index is 1920. The van der Waals surface area contributed by atoms with Gasteiger partial charge in [-0.25, -0.2) is 9.18 Å². The number of halogens is 1. The summed E-state index contributed by atoms with van der Waals surface area (Å²) in [5, 5.41) is 29.1. The molecule has 2 fully saturated rings. The van der Waals surface area contributed by atoms with E-state index in [1.165, 1.54) is 13.3 Å². The van der Waals surface area contributed by atoms with E-state index in [1.54, 1.807) is 9.13 Å². The van der Waals surface area contributed by atoms with Crippen molar-refractivity contribution in [3.63, 3.8) is 0 Å². The van der Waals surface area contributed by atoms with Gasteiger partial charge in [0.2, 0.25) is 16.4 Å². The zero-order valence-corrected chi connectivity index (χ0v) is 25.8. The molecule has 2 aliphatic rings. The third-order valence-electron chi connectivity index (χ3n) is 8.75. The maximum Gasteiger partial charge on any atom is 0.341 e. The first-order valence-corrected chi connectivity index (χ1v) is 15.2. The van der Waals surface area contributed by atoms with Crippen molar-refractivity contribution in [2.45, 2.75) is 44.3 Å². The fraction of sp³-hybridized carbons (Fsp3) is 0.387. The summed E-state index contributed by atoms with van der Waals surface area (Å²) in [5.74, 6) is -1.78. The van der Waals surface area contributed by atoms with Gasteiger partial charge in [-0.15, -0.1) is 10.2 Å². The smallest absolute Gasteiger partial charge is 0.341 e. The van der Waals surface area contributed by atoms with Crippen molar-refractivity contribution < 1.29 is 24.1 Å². The van der Waals surface area contributed by atoms with E-state index in [4.69, 9.17) is 22.7 Å². The first-order chi connectivity index (χ1) is 21.6. The molecule has 14 heteroatoms. The van der Waals surface area contributed by atoms with Gasteiger partial charge in [-0.2, -0.15) is 0 Å². The Morgan fingerprint density at radius 3 is 2.69 bits per heavy atom. The number of nitrogens with two attached hydrogens (primary N) is 1. The van der Waals surface area contributed by atoms with E-state index in [-0.39, 0.29) is 45.5 Å². The van der Waals surface area contributed by atoms with Crippen LogP contribution in [0.2, 0.25) is 0 Å². The van der Waals surface area contributed by atoms with Gasteiger partial charge in [-0.05, 0) is 57.1 Å². The lowest BCUT2D eigenvalue weighted by Crippen LogP contribution is -2.47. The summed E-state index contributed by atoms with van der Waals surface area (Å²) < 4.78 is 25.3. The SMILES string of the molecule is COc1c(N2CCCC(N(C)CCn3c(O)c(N=NC(N)=S)c4ccccc43)C2)c(F)cc2c(=O)c(C(=O)O)cn(C3CC3)c12. The number of carboxylic acids is 1. The Labute approximate surface area is 263 Å². The average molecular weight is 636 g/mol. The van der Waals surface area contributed by atoms with Crippen LogP contribution in [0.3, 0.4) is 0 Å². The molecule has 1 aliphatic heterocycles. The van der Waals surface area contributed by atoms with Crippen LogP contribution in [-0.4, -0.2) is 75.2 Å². The normalized spacial score (nSPS) is 17.2. The molecule has 1 atom stereocenters. The highest BCUT2D eigenvalue weighted by Gasteiger charge is 2.33. The highest BCUT2D eigenvalue weighted by Crippen LogP contribution is 2.44. The number of hydrogen-bond acceptors (Lipinski definition) is 8. The Hall–Kier alpha value is -4.56. The molecular formula is C31H34FN7O5S. The number of hydrogen-bond donors (Lipinski definition) is 3. The Morgan fingerprint density at radius 2 is 2.00 bits per heavy atom. The van der Waals surface area contributed by atoms with Gasteiger partial charge in [0, 0.05) is 49.8 Å². The van der Waals surface area contributed by atoms with Crippen molar-refractivity contribution in [2.24, 2.45) is 16.0 Å². The molecule has 1 aliphatic carbocycles. The summed E-state index contributed by atoms with van der Waals surface area (Å²) in [6.07, 6.45) is 4.70. The number of anilines is 1. The van der Waals surface area contributed by atoms with E-state index < -0.39 is 17.2 Å². The summed E-state index contributed by atoms with van der Waals surface area (Å²) in [7, 11) is 3.44. The molecule has 3 heterocycles. The number of carbonyl (C=O) groups is 1. The first kappa shape index (κ1) is 30.5. The molecule has 1 saturated heterocycles. The van der Waals surface area contributed by atoms with E-state index in [0.29, 0.717) is 37.4 Å². The van der Waals surface area contributed by atoms with Crippen LogP contribution in [0.5, 0.6) is 11.6 Å². The van der Waals surface area contributed by atoms with E-state index >= 15 is 4.39 Å². The number of methoxy groups -OCH3 is 1. The lowest BCUT2D eigenvalue weighted by atomic mass is 10.0. The monoisotopic (exact) mass is 635 g/mol. The number of carboxylic acid groups (broad SMARTS) is 1. The summed E-state index contributed by atoms with van der Waals surface area (Å²) in [6.45, 7) is 2.12. The number of para-hydroxylation sites is 1. The van der Waals surface area contributed by atoms with Gasteiger partial charge in [-0.1, -0.05) is 18.2 Å². The molecule has 4 N–H and O–H groups in total. The van der Waals surface area contributed by atoms with Crippen LogP contribution in [0.4, 0.5) is 15.8 Å². The van der Waals surface area contributed by atoms with Gasteiger partial charge in [0.05, 0.1) is 23.5 Å². The predicted octanol–water partition coefficient (Wildman–Crippen LogP) is 4.77. The molecule has 0 radical (unpaired) electrons. The number of piperidine rings is 1. The number of aromatic hydroxyl groups is 1. The number of pyridine rings is 1. The molecule has 0 amide bonds. The van der Waals surface area contributed by atoms with Crippen molar-refractivity contribution in [3.05, 3.63) is 58.1 Å². The van der Waals surface area contributed by atoms with Crippen LogP contribution in [0.25, 0.3) is 21.8 Å². The van der Waals surface area contributed by atoms with Gasteiger partial charge < -0.3 is 34.7 Å². The van der Waals surface area contributed by atoms with Crippen molar-refractivity contribution in [1.29, 1.82) is 0 Å². The highest BCUT2D eigenvalue weighted by atomic mass is 32.1. The minimum Gasteiger partial charge on any atom is -0.493 e. The molecule has 2 aromatic carbocycles. The van der Waals surface area contributed by atoms with Crippen LogP contribution in [-0.2, 0) is 6.54 Å². The Kier molecular flexibility index (Phi) is 8.18. The first-order valence-electron chi connectivity index (χ1n) is 14.8. The van der Waals surface area contributed by atoms with Gasteiger partial charge >= 0.3 is 5.97 Å². The molecule has 4 aromatic rings. The number of nitrogens with zero attached hydrogens (tertiary/aromatic N) is 6. The number of ether oxygens (including phenoxy) is 1. The minimum absolute atomic E-state index is 0.00322. The van der Waals surface area contributed by atoms with Crippen molar-refractivity contribution in [1.82, 2.24) is 14.0 Å². The highest BCUT2D eigenvalue weighted by molar-refractivity contribution is 7.80.